The average molecular weight is 357 g/mol. The van der Waals surface area contributed by atoms with Crippen LogP contribution in [0.25, 0.3) is 0 Å². The molecule has 0 aliphatic carbocycles. The maximum Gasteiger partial charge on any atom is 0.222 e. The standard InChI is InChI=1S/C21H32N4O/c1-15-11-19(12-16(2)23-15)24-10-7-20-18(14-24)3-4-21(26)25(20)13-17-5-8-22-9-6-17/h11-12,17-18,20,22H,3-10,13-14H2,1-2H3/t18-,20+/m0/s1. The Morgan fingerprint density at radius 3 is 2.58 bits per heavy atom. The van der Waals surface area contributed by atoms with E-state index in [1.165, 1.54) is 18.5 Å². The number of pyridine rings is 1. The summed E-state index contributed by atoms with van der Waals surface area (Å²) in [5, 5.41) is 3.44. The normalized spacial score (nSPS) is 27.5. The van der Waals surface area contributed by atoms with Gasteiger partial charge in [-0.3, -0.25) is 9.78 Å². The molecule has 0 radical (unpaired) electrons. The number of hydrogen-bond donors (Lipinski definition) is 1. The Hall–Kier alpha value is -1.62. The second-order valence-electron chi connectivity index (χ2n) is 8.45. The molecule has 5 heteroatoms. The maximum atomic E-state index is 12.7. The summed E-state index contributed by atoms with van der Waals surface area (Å²) >= 11 is 0. The first-order valence-corrected chi connectivity index (χ1v) is 10.3. The van der Waals surface area contributed by atoms with Gasteiger partial charge in [0.25, 0.3) is 0 Å². The lowest BCUT2D eigenvalue weighted by Gasteiger charge is -2.48. The summed E-state index contributed by atoms with van der Waals surface area (Å²) in [6.07, 6.45) is 5.30. The molecule has 3 fully saturated rings. The fourth-order valence-corrected chi connectivity index (χ4v) is 5.16. The predicted molar refractivity (Wildman–Crippen MR) is 104 cm³/mol. The molecule has 0 unspecified atom stereocenters. The van der Waals surface area contributed by atoms with E-state index >= 15 is 0 Å². The van der Waals surface area contributed by atoms with Gasteiger partial charge < -0.3 is 15.1 Å². The molecule has 5 nitrogen and oxygen atoms in total. The third kappa shape index (κ3) is 3.73. The smallest absolute Gasteiger partial charge is 0.222 e. The molecule has 26 heavy (non-hydrogen) atoms. The van der Waals surface area contributed by atoms with E-state index in [1.807, 2.05) is 0 Å². The number of rotatable bonds is 3. The van der Waals surface area contributed by atoms with Crippen molar-refractivity contribution in [2.45, 2.75) is 52.0 Å². The number of aryl methyl sites for hydroxylation is 2. The molecule has 0 spiro atoms. The van der Waals surface area contributed by atoms with Gasteiger partial charge in [0.05, 0.1) is 0 Å². The van der Waals surface area contributed by atoms with Crippen molar-refractivity contribution in [1.29, 1.82) is 0 Å². The number of carbonyl (C=O) groups is 1. The van der Waals surface area contributed by atoms with Gasteiger partial charge in [0.15, 0.2) is 0 Å². The van der Waals surface area contributed by atoms with Crippen LogP contribution in [0.15, 0.2) is 12.1 Å². The van der Waals surface area contributed by atoms with E-state index in [1.54, 1.807) is 0 Å². The molecule has 1 N–H and O–H groups in total. The average Bonchev–Trinajstić information content (AvgIpc) is 2.64. The Balaban J connectivity index is 1.45. The van der Waals surface area contributed by atoms with Crippen LogP contribution >= 0.6 is 0 Å². The van der Waals surface area contributed by atoms with Crippen LogP contribution < -0.4 is 10.2 Å². The lowest BCUT2D eigenvalue weighted by molar-refractivity contribution is -0.140. The topological polar surface area (TPSA) is 48.5 Å². The van der Waals surface area contributed by atoms with Gasteiger partial charge in [-0.2, -0.15) is 0 Å². The number of aromatic nitrogens is 1. The van der Waals surface area contributed by atoms with Crippen molar-refractivity contribution in [3.05, 3.63) is 23.5 Å². The van der Waals surface area contributed by atoms with Crippen molar-refractivity contribution >= 4 is 11.6 Å². The quantitative estimate of drug-likeness (QED) is 0.904. The number of fused-ring (bicyclic) bond motifs is 1. The van der Waals surface area contributed by atoms with Crippen LogP contribution in [0.5, 0.6) is 0 Å². The van der Waals surface area contributed by atoms with E-state index in [0.29, 0.717) is 23.8 Å². The Morgan fingerprint density at radius 2 is 1.85 bits per heavy atom. The number of carbonyl (C=O) groups excluding carboxylic acids is 1. The summed E-state index contributed by atoms with van der Waals surface area (Å²) in [7, 11) is 0. The molecule has 0 bridgehead atoms. The summed E-state index contributed by atoms with van der Waals surface area (Å²) in [6.45, 7) is 9.45. The van der Waals surface area contributed by atoms with E-state index < -0.39 is 0 Å². The molecule has 0 aromatic carbocycles. The van der Waals surface area contributed by atoms with Gasteiger partial charge in [-0.05, 0) is 76.6 Å². The Morgan fingerprint density at radius 1 is 1.12 bits per heavy atom. The van der Waals surface area contributed by atoms with Gasteiger partial charge in [0, 0.05) is 49.2 Å². The molecule has 4 heterocycles. The fraction of sp³-hybridized carbons (Fsp3) is 0.714. The van der Waals surface area contributed by atoms with Crippen molar-refractivity contribution < 1.29 is 4.79 Å². The predicted octanol–water partition coefficient (Wildman–Crippen LogP) is 2.52. The van der Waals surface area contributed by atoms with E-state index in [9.17, 15) is 4.79 Å². The monoisotopic (exact) mass is 356 g/mol. The van der Waals surface area contributed by atoms with Crippen LogP contribution in [0.3, 0.4) is 0 Å². The van der Waals surface area contributed by atoms with Crippen molar-refractivity contribution in [2.75, 3.05) is 37.6 Å². The minimum atomic E-state index is 0.397. The zero-order chi connectivity index (χ0) is 18.1. The SMILES string of the molecule is Cc1cc(N2CC[C@@H]3[C@@H](CCC(=O)N3CC3CCNCC3)C2)cc(C)n1. The van der Waals surface area contributed by atoms with Crippen molar-refractivity contribution in [2.24, 2.45) is 11.8 Å². The van der Waals surface area contributed by atoms with Gasteiger partial charge in [-0.25, -0.2) is 0 Å². The van der Waals surface area contributed by atoms with E-state index in [-0.39, 0.29) is 0 Å². The third-order valence-corrected chi connectivity index (χ3v) is 6.49. The second-order valence-corrected chi connectivity index (χ2v) is 8.45. The Bertz CT molecular complexity index is 635. The first kappa shape index (κ1) is 17.8. The molecule has 2 atom stereocenters. The molecule has 1 aromatic rings. The van der Waals surface area contributed by atoms with Gasteiger partial charge in [-0.15, -0.1) is 0 Å². The molecule has 1 amide bonds. The van der Waals surface area contributed by atoms with Crippen LogP contribution in [0.4, 0.5) is 5.69 Å². The lowest BCUT2D eigenvalue weighted by Crippen LogP contribution is -2.57. The molecular formula is C21H32N4O. The van der Waals surface area contributed by atoms with E-state index in [2.05, 4.69) is 46.1 Å². The summed E-state index contributed by atoms with van der Waals surface area (Å²) in [5.74, 6) is 1.69. The van der Waals surface area contributed by atoms with Crippen molar-refractivity contribution in [3.63, 3.8) is 0 Å². The minimum Gasteiger partial charge on any atom is -0.371 e. The lowest BCUT2D eigenvalue weighted by atomic mass is 9.82. The highest BCUT2D eigenvalue weighted by atomic mass is 16.2. The number of likely N-dealkylation sites (tertiary alicyclic amines) is 1. The fourth-order valence-electron chi connectivity index (χ4n) is 5.16. The van der Waals surface area contributed by atoms with Gasteiger partial charge in [-0.1, -0.05) is 0 Å². The van der Waals surface area contributed by atoms with Crippen LogP contribution in [0.2, 0.25) is 0 Å². The molecule has 0 saturated carbocycles. The number of nitrogens with zero attached hydrogens (tertiary/aromatic N) is 3. The zero-order valence-electron chi connectivity index (χ0n) is 16.2. The largest absolute Gasteiger partial charge is 0.371 e. The van der Waals surface area contributed by atoms with Crippen LogP contribution in [-0.4, -0.2) is 54.6 Å². The van der Waals surface area contributed by atoms with Gasteiger partial charge >= 0.3 is 0 Å². The molecule has 3 saturated heterocycles. The van der Waals surface area contributed by atoms with Crippen LogP contribution in [0.1, 0.15) is 43.5 Å². The first-order valence-electron chi connectivity index (χ1n) is 10.3. The van der Waals surface area contributed by atoms with Crippen LogP contribution in [0, 0.1) is 25.7 Å². The Kier molecular flexibility index (Phi) is 5.16. The number of anilines is 1. The summed E-state index contributed by atoms with van der Waals surface area (Å²) in [4.78, 5) is 21.9. The van der Waals surface area contributed by atoms with Crippen molar-refractivity contribution in [1.82, 2.24) is 15.2 Å². The van der Waals surface area contributed by atoms with E-state index in [4.69, 9.17) is 0 Å². The third-order valence-electron chi connectivity index (χ3n) is 6.49. The molecule has 142 valence electrons. The Labute approximate surface area is 157 Å². The van der Waals surface area contributed by atoms with Gasteiger partial charge in [0.1, 0.15) is 0 Å². The number of hydrogen-bond acceptors (Lipinski definition) is 4. The maximum absolute atomic E-state index is 12.7. The van der Waals surface area contributed by atoms with Gasteiger partial charge in [0.2, 0.25) is 5.91 Å². The zero-order valence-corrected chi connectivity index (χ0v) is 16.2. The molecular weight excluding hydrogens is 324 g/mol. The number of nitrogens with one attached hydrogen (secondary N) is 1. The van der Waals surface area contributed by atoms with Crippen molar-refractivity contribution in [3.8, 4) is 0 Å². The second kappa shape index (κ2) is 7.55. The highest BCUT2D eigenvalue weighted by molar-refractivity contribution is 5.77. The summed E-state index contributed by atoms with van der Waals surface area (Å²) in [6, 6.07) is 4.86. The first-order chi connectivity index (χ1) is 12.6. The number of piperidine rings is 3. The highest BCUT2D eigenvalue weighted by Crippen LogP contribution is 2.34. The molecule has 3 aliphatic heterocycles. The molecule has 4 rings (SSSR count). The number of amides is 1. The van der Waals surface area contributed by atoms with E-state index in [0.717, 1.165) is 63.4 Å². The highest BCUT2D eigenvalue weighted by Gasteiger charge is 2.40. The molecule has 3 aliphatic rings. The summed E-state index contributed by atoms with van der Waals surface area (Å²) in [5.41, 5.74) is 3.48. The molecule has 1 aromatic heterocycles. The van der Waals surface area contributed by atoms with Crippen LogP contribution in [-0.2, 0) is 4.79 Å². The minimum absolute atomic E-state index is 0.397. The summed E-state index contributed by atoms with van der Waals surface area (Å²) < 4.78 is 0.